The maximum absolute atomic E-state index is 5.85. The summed E-state index contributed by atoms with van der Waals surface area (Å²) in [5.74, 6) is 0.636. The Morgan fingerprint density at radius 3 is 2.71 bits per heavy atom. The quantitative estimate of drug-likeness (QED) is 0.816. The molecule has 0 aliphatic rings. The molecule has 0 aliphatic carbocycles. The number of rotatable bonds is 3. The van der Waals surface area contributed by atoms with Crippen LogP contribution in [-0.4, -0.2) is 7.11 Å². The van der Waals surface area contributed by atoms with Crippen LogP contribution >= 0.6 is 24.0 Å². The molecule has 1 aromatic rings. The molecular weight excluding hydrogens is 221 g/mol. The van der Waals surface area contributed by atoms with E-state index in [4.69, 9.17) is 22.1 Å². The van der Waals surface area contributed by atoms with Crippen molar-refractivity contribution in [2.75, 3.05) is 7.11 Å². The van der Waals surface area contributed by atoms with Gasteiger partial charge in [-0.3, -0.25) is 0 Å². The van der Waals surface area contributed by atoms with Crippen molar-refractivity contribution in [3.05, 3.63) is 41.4 Å². The van der Waals surface area contributed by atoms with Gasteiger partial charge in [-0.15, -0.1) is 19.0 Å². The third-order valence-electron chi connectivity index (χ3n) is 1.81. The summed E-state index contributed by atoms with van der Waals surface area (Å²) in [7, 11) is 1.57. The molecule has 0 unspecified atom stereocenters. The Morgan fingerprint density at radius 1 is 1.57 bits per heavy atom. The van der Waals surface area contributed by atoms with Gasteiger partial charge in [0.25, 0.3) is 0 Å². The summed E-state index contributed by atoms with van der Waals surface area (Å²) in [6.45, 7) is 3.62. The van der Waals surface area contributed by atoms with Gasteiger partial charge in [0.1, 0.15) is 5.75 Å². The minimum atomic E-state index is -0.175. The van der Waals surface area contributed by atoms with Crippen molar-refractivity contribution >= 4 is 24.0 Å². The van der Waals surface area contributed by atoms with Gasteiger partial charge in [-0.2, -0.15) is 0 Å². The second-order valence-corrected chi connectivity index (χ2v) is 3.06. The number of hydrogen-bond donors (Lipinski definition) is 1. The lowest BCUT2D eigenvalue weighted by atomic mass is 10.1. The van der Waals surface area contributed by atoms with E-state index in [2.05, 4.69) is 6.58 Å². The number of benzene rings is 1. The second-order valence-electron chi connectivity index (χ2n) is 2.66. The zero-order valence-corrected chi connectivity index (χ0v) is 9.44. The van der Waals surface area contributed by atoms with E-state index in [1.807, 2.05) is 12.1 Å². The van der Waals surface area contributed by atoms with Crippen LogP contribution in [0.3, 0.4) is 0 Å². The number of ether oxygens (including phenoxy) is 1. The van der Waals surface area contributed by atoms with Gasteiger partial charge in [0.15, 0.2) is 0 Å². The highest BCUT2D eigenvalue weighted by molar-refractivity contribution is 6.32. The number of hydrogen-bond acceptors (Lipinski definition) is 2. The molecule has 1 atom stereocenters. The highest BCUT2D eigenvalue weighted by atomic mass is 35.5. The normalized spacial score (nSPS) is 11.4. The van der Waals surface area contributed by atoms with Gasteiger partial charge in [0.2, 0.25) is 0 Å². The van der Waals surface area contributed by atoms with E-state index in [0.29, 0.717) is 10.8 Å². The molecule has 0 bridgehead atoms. The molecule has 0 saturated carbocycles. The van der Waals surface area contributed by atoms with E-state index in [1.165, 1.54) is 0 Å². The van der Waals surface area contributed by atoms with Crippen LogP contribution in [0.1, 0.15) is 11.6 Å². The molecule has 0 radical (unpaired) electrons. The third kappa shape index (κ3) is 2.91. The maximum atomic E-state index is 5.85. The first-order valence-corrected chi connectivity index (χ1v) is 4.28. The molecule has 78 valence electrons. The molecule has 1 rings (SSSR count). The Morgan fingerprint density at radius 2 is 2.21 bits per heavy atom. The third-order valence-corrected chi connectivity index (χ3v) is 2.13. The number of methoxy groups -OCH3 is 1. The van der Waals surface area contributed by atoms with Crippen LogP contribution < -0.4 is 10.5 Å². The molecule has 4 heteroatoms. The fraction of sp³-hybridized carbons (Fsp3) is 0.200. The molecular formula is C10H13Cl2NO. The summed E-state index contributed by atoms with van der Waals surface area (Å²) in [5, 5.41) is 0.586. The summed E-state index contributed by atoms with van der Waals surface area (Å²) in [6, 6.07) is 5.26. The number of halogens is 2. The molecule has 0 heterocycles. The lowest BCUT2D eigenvalue weighted by Crippen LogP contribution is -2.06. The van der Waals surface area contributed by atoms with Crippen LogP contribution in [0.5, 0.6) is 5.75 Å². The first-order chi connectivity index (χ1) is 6.19. The molecule has 2 N–H and O–H groups in total. The van der Waals surface area contributed by atoms with Crippen molar-refractivity contribution in [3.8, 4) is 5.75 Å². The van der Waals surface area contributed by atoms with Gasteiger partial charge in [-0.1, -0.05) is 23.7 Å². The summed E-state index contributed by atoms with van der Waals surface area (Å²) < 4.78 is 5.06. The molecule has 2 nitrogen and oxygen atoms in total. The van der Waals surface area contributed by atoms with Crippen LogP contribution in [-0.2, 0) is 0 Å². The summed E-state index contributed by atoms with van der Waals surface area (Å²) in [5.41, 5.74) is 6.69. The Bertz CT molecular complexity index is 315. The predicted octanol–water partition coefficient (Wildman–Crippen LogP) is 2.96. The summed E-state index contributed by atoms with van der Waals surface area (Å²) in [6.07, 6.45) is 1.67. The molecule has 0 aliphatic heterocycles. The molecule has 0 spiro atoms. The van der Waals surface area contributed by atoms with Crippen molar-refractivity contribution in [1.82, 2.24) is 0 Å². The van der Waals surface area contributed by atoms with E-state index >= 15 is 0 Å². The van der Waals surface area contributed by atoms with Crippen molar-refractivity contribution in [2.24, 2.45) is 5.73 Å². The van der Waals surface area contributed by atoms with Crippen LogP contribution in [0, 0.1) is 0 Å². The summed E-state index contributed by atoms with van der Waals surface area (Å²) >= 11 is 5.85. The van der Waals surface area contributed by atoms with E-state index in [9.17, 15) is 0 Å². The van der Waals surface area contributed by atoms with E-state index in [1.54, 1.807) is 19.3 Å². The van der Waals surface area contributed by atoms with Gasteiger partial charge in [-0.05, 0) is 17.7 Å². The van der Waals surface area contributed by atoms with Crippen LogP contribution in [0.15, 0.2) is 30.9 Å². The Hall–Kier alpha value is -0.700. The lowest BCUT2D eigenvalue weighted by Gasteiger charge is -2.09. The van der Waals surface area contributed by atoms with E-state index < -0.39 is 0 Å². The highest BCUT2D eigenvalue weighted by Gasteiger charge is 2.05. The van der Waals surface area contributed by atoms with Gasteiger partial charge < -0.3 is 10.5 Å². The fourth-order valence-electron chi connectivity index (χ4n) is 1.02. The standard InChI is InChI=1S/C10H12ClNO.ClH/c1-3-9(12)7-4-5-8(11)10(6-7)13-2;/h3-6,9H,1,12H2,2H3;1H/t9-;/m1./s1. The zero-order chi connectivity index (χ0) is 9.84. The predicted molar refractivity (Wildman–Crippen MR) is 62.4 cm³/mol. The van der Waals surface area contributed by atoms with Crippen molar-refractivity contribution in [1.29, 1.82) is 0 Å². The first kappa shape index (κ1) is 13.3. The minimum absolute atomic E-state index is 0. The maximum Gasteiger partial charge on any atom is 0.137 e. The fourth-order valence-corrected chi connectivity index (χ4v) is 1.21. The molecule has 14 heavy (non-hydrogen) atoms. The smallest absolute Gasteiger partial charge is 0.137 e. The average molecular weight is 234 g/mol. The van der Waals surface area contributed by atoms with Crippen LogP contribution in [0.4, 0.5) is 0 Å². The van der Waals surface area contributed by atoms with Crippen molar-refractivity contribution in [3.63, 3.8) is 0 Å². The van der Waals surface area contributed by atoms with Gasteiger partial charge >= 0.3 is 0 Å². The zero-order valence-electron chi connectivity index (χ0n) is 7.87. The monoisotopic (exact) mass is 233 g/mol. The highest BCUT2D eigenvalue weighted by Crippen LogP contribution is 2.27. The van der Waals surface area contributed by atoms with Crippen molar-refractivity contribution in [2.45, 2.75) is 6.04 Å². The summed E-state index contributed by atoms with van der Waals surface area (Å²) in [4.78, 5) is 0. The van der Waals surface area contributed by atoms with Gasteiger partial charge in [0.05, 0.1) is 12.1 Å². The van der Waals surface area contributed by atoms with E-state index in [0.717, 1.165) is 5.56 Å². The minimum Gasteiger partial charge on any atom is -0.495 e. The molecule has 0 aromatic heterocycles. The van der Waals surface area contributed by atoms with Crippen molar-refractivity contribution < 1.29 is 4.74 Å². The molecule has 0 amide bonds. The Balaban J connectivity index is 0.00000169. The Labute approximate surface area is 95.1 Å². The van der Waals surface area contributed by atoms with Gasteiger partial charge in [-0.25, -0.2) is 0 Å². The van der Waals surface area contributed by atoms with E-state index in [-0.39, 0.29) is 18.4 Å². The molecule has 0 fully saturated rings. The topological polar surface area (TPSA) is 35.2 Å². The molecule has 1 aromatic carbocycles. The largest absolute Gasteiger partial charge is 0.495 e. The SMILES string of the molecule is C=C[C@@H](N)c1ccc(Cl)c(OC)c1.Cl. The first-order valence-electron chi connectivity index (χ1n) is 3.90. The number of nitrogens with two attached hydrogens (primary N) is 1. The lowest BCUT2D eigenvalue weighted by molar-refractivity contribution is 0.414. The second kappa shape index (κ2) is 5.91. The van der Waals surface area contributed by atoms with Crippen LogP contribution in [0.2, 0.25) is 5.02 Å². The Kier molecular flexibility index (Phi) is 5.62. The van der Waals surface area contributed by atoms with Gasteiger partial charge in [0, 0.05) is 6.04 Å². The average Bonchev–Trinajstić information content (AvgIpc) is 2.17. The molecule has 0 saturated heterocycles. The van der Waals surface area contributed by atoms with Crippen LogP contribution in [0.25, 0.3) is 0 Å².